The van der Waals surface area contributed by atoms with E-state index in [0.29, 0.717) is 22.8 Å². The van der Waals surface area contributed by atoms with Crippen LogP contribution < -0.4 is 11.2 Å². The van der Waals surface area contributed by atoms with Crippen molar-refractivity contribution in [3.8, 4) is 11.3 Å². The minimum absolute atomic E-state index is 0.0386. The molecule has 2 aromatic heterocycles. The Bertz CT molecular complexity index is 1160. The molecule has 4 rings (SSSR count). The summed E-state index contributed by atoms with van der Waals surface area (Å²) in [4.78, 5) is 35.4. The topological polar surface area (TPSA) is 126 Å². The highest BCUT2D eigenvalue weighted by Crippen LogP contribution is 2.32. The van der Waals surface area contributed by atoms with Crippen LogP contribution in [0, 0.1) is 0 Å². The summed E-state index contributed by atoms with van der Waals surface area (Å²) in [5.41, 5.74) is 1.19. The van der Waals surface area contributed by atoms with Gasteiger partial charge in [0.05, 0.1) is 6.04 Å². The molecule has 0 spiro atoms. The largest absolute Gasteiger partial charge is 0.476 e. The molecule has 1 atom stereocenters. The third-order valence-corrected chi connectivity index (χ3v) is 6.09. The Morgan fingerprint density at radius 2 is 1.97 bits per heavy atom. The maximum Gasteiger partial charge on any atom is 0.356 e. The number of pyridine rings is 1. The van der Waals surface area contributed by atoms with E-state index in [2.05, 4.69) is 36.1 Å². The van der Waals surface area contributed by atoms with E-state index in [1.165, 1.54) is 4.68 Å². The van der Waals surface area contributed by atoms with Crippen molar-refractivity contribution in [3.05, 3.63) is 64.1 Å². The lowest BCUT2D eigenvalue weighted by Crippen LogP contribution is -2.33. The fourth-order valence-electron chi connectivity index (χ4n) is 3.93. The number of benzene rings is 1. The molecule has 1 aliphatic heterocycles. The standard InChI is InChI=1S/C22H23BrN6O3/c1-28-11-3-2-4-16(28)20-27-18(19(22(31)32)29(20)24)13-5-7-14(8-6-13)21(30)26-17-12-15(23)9-10-25-17/h5-10,12,16H,2-4,11,24H2,1H3,(H,31,32)(H,25,26,30)/t16-/m0/s1. The summed E-state index contributed by atoms with van der Waals surface area (Å²) in [7, 11) is 1.99. The highest BCUT2D eigenvalue weighted by atomic mass is 79.9. The molecule has 0 saturated carbocycles. The number of likely N-dealkylation sites (tertiary alicyclic amines) is 1. The number of carbonyl (C=O) groups excluding carboxylic acids is 1. The van der Waals surface area contributed by atoms with Crippen molar-refractivity contribution in [1.82, 2.24) is 19.5 Å². The number of hydrogen-bond acceptors (Lipinski definition) is 6. The molecule has 0 radical (unpaired) electrons. The number of nitrogen functional groups attached to an aromatic ring is 1. The van der Waals surface area contributed by atoms with Crippen molar-refractivity contribution in [2.24, 2.45) is 0 Å². The van der Waals surface area contributed by atoms with Crippen LogP contribution in [0.15, 0.2) is 47.1 Å². The number of carbonyl (C=O) groups is 2. The number of anilines is 1. The smallest absolute Gasteiger partial charge is 0.356 e. The summed E-state index contributed by atoms with van der Waals surface area (Å²) in [6.45, 7) is 0.909. The van der Waals surface area contributed by atoms with E-state index in [1.54, 1.807) is 42.6 Å². The molecule has 3 heterocycles. The van der Waals surface area contributed by atoms with Crippen LogP contribution in [0.5, 0.6) is 0 Å². The van der Waals surface area contributed by atoms with Crippen LogP contribution in [0.1, 0.15) is 52.0 Å². The van der Waals surface area contributed by atoms with E-state index >= 15 is 0 Å². The van der Waals surface area contributed by atoms with Gasteiger partial charge in [-0.3, -0.25) is 9.69 Å². The molecule has 32 heavy (non-hydrogen) atoms. The zero-order valence-corrected chi connectivity index (χ0v) is 19.0. The Hall–Kier alpha value is -3.24. The summed E-state index contributed by atoms with van der Waals surface area (Å²) in [6, 6.07) is 10.0. The molecule has 1 aliphatic rings. The fraction of sp³-hybridized carbons (Fsp3) is 0.273. The first-order valence-corrected chi connectivity index (χ1v) is 11.0. The molecular weight excluding hydrogens is 476 g/mol. The Kier molecular flexibility index (Phi) is 6.24. The van der Waals surface area contributed by atoms with Gasteiger partial charge in [-0.05, 0) is 50.7 Å². The van der Waals surface area contributed by atoms with Crippen LogP contribution in [0.3, 0.4) is 0 Å². The lowest BCUT2D eigenvalue weighted by Gasteiger charge is -2.31. The maximum atomic E-state index is 12.5. The van der Waals surface area contributed by atoms with Crippen molar-refractivity contribution in [3.63, 3.8) is 0 Å². The highest BCUT2D eigenvalue weighted by molar-refractivity contribution is 9.10. The number of hydrogen-bond donors (Lipinski definition) is 3. The van der Waals surface area contributed by atoms with Gasteiger partial charge >= 0.3 is 5.97 Å². The van der Waals surface area contributed by atoms with Gasteiger partial charge < -0.3 is 16.3 Å². The van der Waals surface area contributed by atoms with Gasteiger partial charge in [0.1, 0.15) is 17.3 Å². The van der Waals surface area contributed by atoms with Gasteiger partial charge in [0.25, 0.3) is 5.91 Å². The van der Waals surface area contributed by atoms with Crippen LogP contribution in [0.4, 0.5) is 5.82 Å². The monoisotopic (exact) mass is 498 g/mol. The van der Waals surface area contributed by atoms with Gasteiger partial charge in [-0.1, -0.05) is 34.5 Å². The molecular formula is C22H23BrN6O3. The molecule has 10 heteroatoms. The first kappa shape index (κ1) is 22.0. The number of nitrogens with one attached hydrogen (secondary N) is 1. The van der Waals surface area contributed by atoms with Crippen molar-refractivity contribution in [2.75, 3.05) is 24.8 Å². The number of carboxylic acids is 1. The number of nitrogens with zero attached hydrogens (tertiary/aromatic N) is 4. The minimum Gasteiger partial charge on any atom is -0.476 e. The number of aromatic carboxylic acids is 1. The van der Waals surface area contributed by atoms with Gasteiger partial charge in [-0.25, -0.2) is 19.4 Å². The van der Waals surface area contributed by atoms with Crippen LogP contribution in [0.25, 0.3) is 11.3 Å². The molecule has 1 fully saturated rings. The molecule has 166 valence electrons. The van der Waals surface area contributed by atoms with Crippen molar-refractivity contribution in [1.29, 1.82) is 0 Å². The van der Waals surface area contributed by atoms with Crippen LogP contribution in [-0.4, -0.2) is 50.1 Å². The molecule has 4 N–H and O–H groups in total. The van der Waals surface area contributed by atoms with Crippen molar-refractivity contribution < 1.29 is 14.7 Å². The summed E-state index contributed by atoms with van der Waals surface area (Å²) in [5, 5.41) is 12.5. The Balaban J connectivity index is 1.62. The number of imidazole rings is 1. The average molecular weight is 499 g/mol. The second kappa shape index (κ2) is 9.09. The summed E-state index contributed by atoms with van der Waals surface area (Å²) < 4.78 is 1.99. The van der Waals surface area contributed by atoms with Crippen LogP contribution >= 0.6 is 15.9 Å². The van der Waals surface area contributed by atoms with Gasteiger partial charge in [0.15, 0.2) is 5.69 Å². The summed E-state index contributed by atoms with van der Waals surface area (Å²) in [6.07, 6.45) is 4.58. The SMILES string of the molecule is CN1CCCC[C@H]1c1nc(-c2ccc(C(=O)Nc3cc(Br)ccn3)cc2)c(C(=O)O)n1N. The Morgan fingerprint density at radius 3 is 2.62 bits per heavy atom. The Labute approximate surface area is 193 Å². The molecule has 1 amide bonds. The Morgan fingerprint density at radius 1 is 1.22 bits per heavy atom. The minimum atomic E-state index is -1.15. The lowest BCUT2D eigenvalue weighted by atomic mass is 10.0. The molecule has 0 bridgehead atoms. The number of nitrogens with two attached hydrogens (primary N) is 1. The summed E-state index contributed by atoms with van der Waals surface area (Å²) in [5.74, 6) is 5.66. The van der Waals surface area contributed by atoms with Gasteiger partial charge in [-0.2, -0.15) is 0 Å². The second-order valence-electron chi connectivity index (χ2n) is 7.73. The number of carboxylic acid groups (broad SMARTS) is 1. The third kappa shape index (κ3) is 4.37. The number of aromatic nitrogens is 3. The van der Waals surface area contributed by atoms with Gasteiger partial charge in [0, 0.05) is 21.8 Å². The van der Waals surface area contributed by atoms with Crippen LogP contribution in [0.2, 0.25) is 0 Å². The fourth-order valence-corrected chi connectivity index (χ4v) is 4.27. The zero-order valence-electron chi connectivity index (χ0n) is 17.5. The van der Waals surface area contributed by atoms with E-state index in [0.717, 1.165) is 30.3 Å². The average Bonchev–Trinajstić information content (AvgIpc) is 3.11. The number of piperidine rings is 1. The lowest BCUT2D eigenvalue weighted by molar-refractivity contribution is 0.0686. The van der Waals surface area contributed by atoms with Gasteiger partial charge in [0.2, 0.25) is 0 Å². The van der Waals surface area contributed by atoms with Gasteiger partial charge in [-0.15, -0.1) is 0 Å². The normalized spacial score (nSPS) is 16.6. The number of rotatable bonds is 5. The van der Waals surface area contributed by atoms with E-state index in [-0.39, 0.29) is 23.3 Å². The summed E-state index contributed by atoms with van der Waals surface area (Å²) >= 11 is 3.34. The molecule has 0 aliphatic carbocycles. The van der Waals surface area contributed by atoms with E-state index in [4.69, 9.17) is 5.84 Å². The van der Waals surface area contributed by atoms with E-state index in [9.17, 15) is 14.7 Å². The molecule has 3 aromatic rings. The predicted octanol–water partition coefficient (Wildman–Crippen LogP) is 3.53. The first-order valence-electron chi connectivity index (χ1n) is 10.2. The zero-order chi connectivity index (χ0) is 22.8. The van der Waals surface area contributed by atoms with Crippen LogP contribution in [-0.2, 0) is 0 Å². The number of amides is 1. The second-order valence-corrected chi connectivity index (χ2v) is 8.64. The predicted molar refractivity (Wildman–Crippen MR) is 124 cm³/mol. The molecule has 0 unspecified atom stereocenters. The highest BCUT2D eigenvalue weighted by Gasteiger charge is 2.30. The molecule has 1 aromatic carbocycles. The van der Waals surface area contributed by atoms with Crippen molar-refractivity contribution in [2.45, 2.75) is 25.3 Å². The van der Waals surface area contributed by atoms with E-state index in [1.807, 2.05) is 7.05 Å². The first-order chi connectivity index (χ1) is 15.3. The maximum absolute atomic E-state index is 12.5. The van der Waals surface area contributed by atoms with Crippen molar-refractivity contribution >= 4 is 33.6 Å². The third-order valence-electron chi connectivity index (χ3n) is 5.59. The quantitative estimate of drug-likeness (QED) is 0.459. The molecule has 9 nitrogen and oxygen atoms in total. The number of halogens is 1. The molecule has 1 saturated heterocycles. The van der Waals surface area contributed by atoms with E-state index < -0.39 is 5.97 Å².